The normalized spacial score (nSPS) is 19.8. The number of rotatable bonds is 6. The molecule has 0 bridgehead atoms. The number of likely N-dealkylation sites (tertiary alicyclic amines) is 1. The van der Waals surface area contributed by atoms with E-state index in [1.54, 1.807) is 19.1 Å². The molecule has 208 valence electrons. The molecule has 5 heterocycles. The van der Waals surface area contributed by atoms with Crippen LogP contribution in [-0.2, 0) is 17.3 Å². The SMILES string of the molecule is CCNc1nc(Nc2ccc(C(=O)N3CC[C@@H](N4CCOCC4)C3)c3c2OCC3)nc2[nH]cc(C(F)(F)F)c12. The molecule has 2 fully saturated rings. The van der Waals surface area contributed by atoms with E-state index < -0.39 is 11.7 Å². The van der Waals surface area contributed by atoms with E-state index in [2.05, 4.69) is 30.5 Å². The molecule has 1 amide bonds. The minimum atomic E-state index is -4.55. The van der Waals surface area contributed by atoms with Gasteiger partial charge in [-0.3, -0.25) is 9.69 Å². The van der Waals surface area contributed by atoms with Crippen LogP contribution in [0.1, 0.15) is 34.8 Å². The Bertz CT molecular complexity index is 1390. The number of fused-ring (bicyclic) bond motifs is 2. The fraction of sp³-hybridized carbons (Fsp3) is 0.500. The average Bonchev–Trinajstić information content (AvgIpc) is 3.69. The number of halogens is 3. The largest absolute Gasteiger partial charge is 0.491 e. The number of ether oxygens (including phenoxy) is 2. The van der Waals surface area contributed by atoms with Crippen molar-refractivity contribution in [2.75, 3.05) is 63.2 Å². The van der Waals surface area contributed by atoms with Crippen molar-refractivity contribution in [2.24, 2.45) is 0 Å². The zero-order valence-corrected chi connectivity index (χ0v) is 21.5. The third kappa shape index (κ3) is 4.84. The highest BCUT2D eigenvalue weighted by atomic mass is 19.4. The van der Waals surface area contributed by atoms with Crippen LogP contribution in [0.15, 0.2) is 18.3 Å². The number of nitrogens with one attached hydrogen (secondary N) is 3. The predicted molar refractivity (Wildman–Crippen MR) is 139 cm³/mol. The smallest absolute Gasteiger partial charge is 0.418 e. The van der Waals surface area contributed by atoms with Gasteiger partial charge < -0.3 is 30.0 Å². The van der Waals surface area contributed by atoms with Crippen LogP contribution < -0.4 is 15.4 Å². The molecule has 1 aromatic carbocycles. The van der Waals surface area contributed by atoms with E-state index in [0.717, 1.165) is 44.5 Å². The first-order valence-corrected chi connectivity index (χ1v) is 13.2. The lowest BCUT2D eigenvalue weighted by atomic mass is 10.0. The Morgan fingerprint density at radius 1 is 1.18 bits per heavy atom. The van der Waals surface area contributed by atoms with E-state index in [1.165, 1.54) is 0 Å². The van der Waals surface area contributed by atoms with E-state index in [1.807, 2.05) is 4.90 Å². The summed E-state index contributed by atoms with van der Waals surface area (Å²) < 4.78 is 51.9. The quantitative estimate of drug-likeness (QED) is 0.431. The number of amides is 1. The van der Waals surface area contributed by atoms with Crippen LogP contribution in [0.2, 0.25) is 0 Å². The summed E-state index contributed by atoms with van der Waals surface area (Å²) in [5, 5.41) is 5.89. The van der Waals surface area contributed by atoms with Crippen LogP contribution in [0.4, 0.5) is 30.6 Å². The fourth-order valence-electron chi connectivity index (χ4n) is 5.66. The molecule has 0 unspecified atom stereocenters. The van der Waals surface area contributed by atoms with Gasteiger partial charge in [0.05, 0.1) is 36.5 Å². The molecule has 2 saturated heterocycles. The van der Waals surface area contributed by atoms with Gasteiger partial charge in [-0.25, -0.2) is 0 Å². The standard InChI is InChI=1S/C26H30F3N7O3/c1-2-30-22-20-18(26(27,28)29)13-31-23(20)34-25(33-22)32-19-4-3-17(16-6-10-39-21(16)19)24(37)36-7-5-15(14-36)35-8-11-38-12-9-35/h3-4,13,15H,2,5-12,14H2,1H3,(H3,30,31,32,33,34)/t15-/m1/s1. The molecule has 39 heavy (non-hydrogen) atoms. The summed E-state index contributed by atoms with van der Waals surface area (Å²) in [6.45, 7) is 7.21. The number of hydrogen-bond donors (Lipinski definition) is 3. The molecule has 0 aliphatic carbocycles. The molecule has 2 aromatic heterocycles. The lowest BCUT2D eigenvalue weighted by Gasteiger charge is -2.32. The first-order chi connectivity index (χ1) is 18.8. The van der Waals surface area contributed by atoms with Crippen LogP contribution in [0.5, 0.6) is 5.75 Å². The minimum absolute atomic E-state index is 0.0165. The number of carbonyl (C=O) groups excluding carboxylic acids is 1. The zero-order valence-electron chi connectivity index (χ0n) is 21.5. The summed E-state index contributed by atoms with van der Waals surface area (Å²) >= 11 is 0. The number of morpholine rings is 1. The summed E-state index contributed by atoms with van der Waals surface area (Å²) in [5.41, 5.74) is 1.21. The Hall–Kier alpha value is -3.58. The molecule has 1 atom stereocenters. The zero-order chi connectivity index (χ0) is 27.1. The number of aromatic amines is 1. The van der Waals surface area contributed by atoms with E-state index in [9.17, 15) is 18.0 Å². The first-order valence-electron chi connectivity index (χ1n) is 13.2. The second kappa shape index (κ2) is 10.2. The number of aromatic nitrogens is 3. The highest BCUT2D eigenvalue weighted by Gasteiger charge is 2.36. The van der Waals surface area contributed by atoms with Crippen LogP contribution in [0, 0.1) is 0 Å². The van der Waals surface area contributed by atoms with Crippen molar-refractivity contribution in [1.82, 2.24) is 24.8 Å². The van der Waals surface area contributed by atoms with Gasteiger partial charge in [-0.15, -0.1) is 0 Å². The minimum Gasteiger partial charge on any atom is -0.491 e. The lowest BCUT2D eigenvalue weighted by molar-refractivity contribution is -0.136. The van der Waals surface area contributed by atoms with Crippen molar-refractivity contribution in [3.63, 3.8) is 0 Å². The van der Waals surface area contributed by atoms with Gasteiger partial charge in [-0.2, -0.15) is 23.1 Å². The van der Waals surface area contributed by atoms with Gasteiger partial charge in [0.15, 0.2) is 0 Å². The first kappa shape index (κ1) is 25.7. The predicted octanol–water partition coefficient (Wildman–Crippen LogP) is 3.63. The van der Waals surface area contributed by atoms with E-state index >= 15 is 0 Å². The van der Waals surface area contributed by atoms with Gasteiger partial charge >= 0.3 is 6.18 Å². The molecule has 0 radical (unpaired) electrons. The number of H-pyrrole nitrogens is 1. The van der Waals surface area contributed by atoms with Crippen LogP contribution in [0.25, 0.3) is 11.0 Å². The molecule has 0 spiro atoms. The topological polar surface area (TPSA) is 108 Å². The maximum Gasteiger partial charge on any atom is 0.418 e. The summed E-state index contributed by atoms with van der Waals surface area (Å²) in [4.78, 5) is 29.1. The number of benzene rings is 1. The second-order valence-corrected chi connectivity index (χ2v) is 9.88. The molecule has 0 saturated carbocycles. The van der Waals surface area contributed by atoms with Gasteiger partial charge in [-0.1, -0.05) is 0 Å². The Labute approximate surface area is 222 Å². The maximum atomic E-state index is 13.5. The van der Waals surface area contributed by atoms with Gasteiger partial charge in [0.2, 0.25) is 5.95 Å². The second-order valence-electron chi connectivity index (χ2n) is 9.88. The van der Waals surface area contributed by atoms with Crippen molar-refractivity contribution in [3.05, 3.63) is 35.0 Å². The highest BCUT2D eigenvalue weighted by Crippen LogP contribution is 2.40. The molecular weight excluding hydrogens is 515 g/mol. The number of anilines is 3. The number of carbonyl (C=O) groups is 1. The fourth-order valence-corrected chi connectivity index (χ4v) is 5.66. The van der Waals surface area contributed by atoms with Crippen molar-refractivity contribution in [2.45, 2.75) is 32.0 Å². The Morgan fingerprint density at radius 2 is 2.00 bits per heavy atom. The van der Waals surface area contributed by atoms with Gasteiger partial charge in [-0.05, 0) is 25.5 Å². The summed E-state index contributed by atoms with van der Waals surface area (Å²) in [6.07, 6.45) is -2.13. The molecule has 3 aliphatic heterocycles. The van der Waals surface area contributed by atoms with E-state index in [4.69, 9.17) is 9.47 Å². The van der Waals surface area contributed by atoms with Crippen LogP contribution in [0.3, 0.4) is 0 Å². The van der Waals surface area contributed by atoms with E-state index in [0.29, 0.717) is 55.7 Å². The van der Waals surface area contributed by atoms with Crippen molar-refractivity contribution in [1.29, 1.82) is 0 Å². The average molecular weight is 546 g/mol. The van der Waals surface area contributed by atoms with E-state index in [-0.39, 0.29) is 28.7 Å². The number of alkyl halides is 3. The summed E-state index contributed by atoms with van der Waals surface area (Å²) in [5.74, 6) is 0.712. The number of hydrogen-bond acceptors (Lipinski definition) is 8. The molecule has 13 heteroatoms. The molecule has 3 aliphatic rings. The molecular formula is C26H30F3N7O3. The molecule has 10 nitrogen and oxygen atoms in total. The maximum absolute atomic E-state index is 13.5. The van der Waals surface area contributed by atoms with Crippen LogP contribution >= 0.6 is 0 Å². The van der Waals surface area contributed by atoms with Gasteiger partial charge in [0.1, 0.15) is 17.2 Å². The molecule has 6 rings (SSSR count). The Morgan fingerprint density at radius 3 is 2.77 bits per heavy atom. The van der Waals surface area contributed by atoms with Crippen molar-refractivity contribution < 1.29 is 27.4 Å². The van der Waals surface area contributed by atoms with Crippen LogP contribution in [-0.4, -0.2) is 89.2 Å². The Balaban J connectivity index is 1.25. The highest BCUT2D eigenvalue weighted by molar-refractivity contribution is 5.98. The lowest BCUT2D eigenvalue weighted by Crippen LogP contribution is -2.45. The number of nitrogens with zero attached hydrogens (tertiary/aromatic N) is 4. The van der Waals surface area contributed by atoms with Gasteiger partial charge in [0, 0.05) is 62.5 Å². The third-order valence-corrected chi connectivity index (χ3v) is 7.53. The van der Waals surface area contributed by atoms with Crippen molar-refractivity contribution >= 4 is 34.4 Å². The monoisotopic (exact) mass is 545 g/mol. The summed E-state index contributed by atoms with van der Waals surface area (Å²) in [6, 6.07) is 3.86. The summed E-state index contributed by atoms with van der Waals surface area (Å²) in [7, 11) is 0. The Kier molecular flexibility index (Phi) is 6.71. The van der Waals surface area contributed by atoms with Gasteiger partial charge in [0.25, 0.3) is 5.91 Å². The van der Waals surface area contributed by atoms with Crippen molar-refractivity contribution in [3.8, 4) is 5.75 Å². The molecule has 3 aromatic rings. The molecule has 3 N–H and O–H groups in total. The third-order valence-electron chi connectivity index (χ3n) is 7.53.